The molecular formula is C20H22ClN3O3. The summed E-state index contributed by atoms with van der Waals surface area (Å²) in [4.78, 5) is 32.2. The second kappa shape index (κ2) is 7.96. The third-order valence-electron chi connectivity index (χ3n) is 4.56. The molecule has 0 saturated heterocycles. The summed E-state index contributed by atoms with van der Waals surface area (Å²) in [6.07, 6.45) is 2.24. The zero-order valence-electron chi connectivity index (χ0n) is 15.6. The van der Waals surface area contributed by atoms with E-state index in [0.29, 0.717) is 34.8 Å². The first-order chi connectivity index (χ1) is 13.0. The number of nitrogens with zero attached hydrogens (tertiary/aromatic N) is 3. The van der Waals surface area contributed by atoms with Gasteiger partial charge in [-0.15, -0.1) is 0 Å². The number of hydrogen-bond donors (Lipinski definition) is 0. The molecule has 1 amide bonds. The Morgan fingerprint density at radius 1 is 1.33 bits per heavy atom. The highest BCUT2D eigenvalue weighted by molar-refractivity contribution is 6.31. The van der Waals surface area contributed by atoms with Crippen molar-refractivity contribution in [1.29, 1.82) is 0 Å². The summed E-state index contributed by atoms with van der Waals surface area (Å²) in [6.45, 7) is 6.74. The van der Waals surface area contributed by atoms with Crippen molar-refractivity contribution in [3.05, 3.63) is 63.6 Å². The number of furan rings is 1. The minimum Gasteiger partial charge on any atom is -0.459 e. The normalized spacial score (nSPS) is 12.3. The molecule has 1 unspecified atom stereocenters. The van der Waals surface area contributed by atoms with Gasteiger partial charge in [-0.25, -0.2) is 4.98 Å². The number of carbonyl (C=O) groups excluding carboxylic acids is 1. The van der Waals surface area contributed by atoms with Gasteiger partial charge in [-0.3, -0.25) is 14.2 Å². The Balaban J connectivity index is 2.13. The molecule has 0 radical (unpaired) electrons. The molecule has 142 valence electrons. The van der Waals surface area contributed by atoms with Crippen molar-refractivity contribution in [2.45, 2.75) is 39.8 Å². The Hall–Kier alpha value is -2.60. The minimum absolute atomic E-state index is 0.136. The quantitative estimate of drug-likeness (QED) is 0.633. The van der Waals surface area contributed by atoms with Crippen LogP contribution in [0.2, 0.25) is 5.02 Å². The third kappa shape index (κ3) is 3.62. The largest absolute Gasteiger partial charge is 0.459 e. The van der Waals surface area contributed by atoms with Crippen molar-refractivity contribution < 1.29 is 9.21 Å². The summed E-state index contributed by atoms with van der Waals surface area (Å²) < 4.78 is 6.89. The standard InChI is InChI=1S/C20H22ClN3O3/c1-4-10-24(20(26)17-7-6-11-27-17)13(3)18-22-16-12-14(21)8-9-15(16)19(25)23(18)5-2/h6-9,11-13H,4-5,10H2,1-3H3. The van der Waals surface area contributed by atoms with E-state index >= 15 is 0 Å². The molecule has 0 aliphatic carbocycles. The molecule has 3 aromatic rings. The predicted octanol–water partition coefficient (Wildman–Crippen LogP) is 4.28. The van der Waals surface area contributed by atoms with Crippen LogP contribution in [0.3, 0.4) is 0 Å². The lowest BCUT2D eigenvalue weighted by molar-refractivity contribution is 0.0646. The van der Waals surface area contributed by atoms with Gasteiger partial charge in [0.25, 0.3) is 11.5 Å². The van der Waals surface area contributed by atoms with Gasteiger partial charge in [-0.2, -0.15) is 0 Å². The summed E-state index contributed by atoms with van der Waals surface area (Å²) in [6, 6.07) is 7.95. The molecule has 1 aromatic carbocycles. The highest BCUT2D eigenvalue weighted by atomic mass is 35.5. The second-order valence-corrected chi connectivity index (χ2v) is 6.77. The maximum Gasteiger partial charge on any atom is 0.290 e. The average molecular weight is 388 g/mol. The Labute approximate surface area is 162 Å². The fraction of sp³-hybridized carbons (Fsp3) is 0.350. The molecular weight excluding hydrogens is 366 g/mol. The van der Waals surface area contributed by atoms with Crippen molar-refractivity contribution in [1.82, 2.24) is 14.5 Å². The van der Waals surface area contributed by atoms with Gasteiger partial charge >= 0.3 is 0 Å². The molecule has 6 nitrogen and oxygen atoms in total. The zero-order valence-corrected chi connectivity index (χ0v) is 16.4. The van der Waals surface area contributed by atoms with Crippen LogP contribution in [-0.2, 0) is 6.54 Å². The van der Waals surface area contributed by atoms with Gasteiger partial charge in [-0.1, -0.05) is 18.5 Å². The zero-order chi connectivity index (χ0) is 19.6. The average Bonchev–Trinajstić information content (AvgIpc) is 3.19. The van der Waals surface area contributed by atoms with Crippen molar-refractivity contribution in [2.75, 3.05) is 6.54 Å². The molecule has 0 N–H and O–H groups in total. The van der Waals surface area contributed by atoms with Crippen LogP contribution in [0, 0.1) is 0 Å². The van der Waals surface area contributed by atoms with Crippen molar-refractivity contribution >= 4 is 28.4 Å². The number of carbonyl (C=O) groups is 1. The fourth-order valence-electron chi connectivity index (χ4n) is 3.23. The number of halogens is 1. The summed E-state index contributed by atoms with van der Waals surface area (Å²) in [5, 5.41) is 1.02. The topological polar surface area (TPSA) is 68.3 Å². The highest BCUT2D eigenvalue weighted by Crippen LogP contribution is 2.24. The Bertz CT molecular complexity index is 1010. The molecule has 0 aliphatic rings. The monoisotopic (exact) mass is 387 g/mol. The maximum atomic E-state index is 12.9. The predicted molar refractivity (Wildman–Crippen MR) is 105 cm³/mol. The number of benzene rings is 1. The molecule has 2 heterocycles. The number of aromatic nitrogens is 2. The van der Waals surface area contributed by atoms with Crippen LogP contribution in [0.15, 0.2) is 45.8 Å². The molecule has 2 aromatic heterocycles. The lowest BCUT2D eigenvalue weighted by Crippen LogP contribution is -2.38. The minimum atomic E-state index is -0.404. The van der Waals surface area contributed by atoms with Crippen LogP contribution < -0.4 is 5.56 Å². The molecule has 0 bridgehead atoms. The SMILES string of the molecule is CCCN(C(=O)c1ccco1)C(C)c1nc2cc(Cl)ccc2c(=O)n1CC. The van der Waals surface area contributed by atoms with E-state index in [0.717, 1.165) is 6.42 Å². The van der Waals surface area contributed by atoms with Gasteiger partial charge in [0.15, 0.2) is 5.76 Å². The summed E-state index contributed by atoms with van der Waals surface area (Å²) >= 11 is 6.08. The van der Waals surface area contributed by atoms with Gasteiger partial charge in [0.1, 0.15) is 5.82 Å². The van der Waals surface area contributed by atoms with E-state index in [1.54, 1.807) is 39.8 Å². The fourth-order valence-corrected chi connectivity index (χ4v) is 3.40. The van der Waals surface area contributed by atoms with E-state index in [4.69, 9.17) is 16.0 Å². The van der Waals surface area contributed by atoms with E-state index < -0.39 is 6.04 Å². The van der Waals surface area contributed by atoms with E-state index in [2.05, 4.69) is 4.98 Å². The Morgan fingerprint density at radius 3 is 2.74 bits per heavy atom. The van der Waals surface area contributed by atoms with Gasteiger partial charge in [0, 0.05) is 18.1 Å². The van der Waals surface area contributed by atoms with E-state index in [1.807, 2.05) is 20.8 Å². The summed E-state index contributed by atoms with van der Waals surface area (Å²) in [7, 11) is 0. The van der Waals surface area contributed by atoms with Crippen molar-refractivity contribution in [3.63, 3.8) is 0 Å². The molecule has 27 heavy (non-hydrogen) atoms. The lowest BCUT2D eigenvalue weighted by Gasteiger charge is -2.29. The van der Waals surface area contributed by atoms with Gasteiger partial charge in [0.2, 0.25) is 0 Å². The molecule has 0 spiro atoms. The number of hydrogen-bond acceptors (Lipinski definition) is 4. The van der Waals surface area contributed by atoms with E-state index in [-0.39, 0.29) is 17.2 Å². The smallest absolute Gasteiger partial charge is 0.290 e. The van der Waals surface area contributed by atoms with Crippen LogP contribution in [-0.4, -0.2) is 26.9 Å². The van der Waals surface area contributed by atoms with E-state index in [1.165, 1.54) is 6.26 Å². The molecule has 0 saturated carbocycles. The molecule has 7 heteroatoms. The van der Waals surface area contributed by atoms with Crippen LogP contribution >= 0.6 is 11.6 Å². The molecule has 0 aliphatic heterocycles. The highest BCUT2D eigenvalue weighted by Gasteiger charge is 2.27. The third-order valence-corrected chi connectivity index (χ3v) is 4.80. The van der Waals surface area contributed by atoms with Gasteiger partial charge < -0.3 is 9.32 Å². The molecule has 0 fully saturated rings. The first-order valence-corrected chi connectivity index (χ1v) is 9.40. The summed E-state index contributed by atoms with van der Waals surface area (Å²) in [5.41, 5.74) is 0.392. The molecule has 1 atom stereocenters. The van der Waals surface area contributed by atoms with Crippen LogP contribution in [0.1, 0.15) is 49.6 Å². The first-order valence-electron chi connectivity index (χ1n) is 9.02. The van der Waals surface area contributed by atoms with Gasteiger partial charge in [0.05, 0.1) is 23.2 Å². The number of rotatable bonds is 6. The Morgan fingerprint density at radius 2 is 2.11 bits per heavy atom. The van der Waals surface area contributed by atoms with Gasteiger partial charge in [-0.05, 0) is 50.6 Å². The second-order valence-electron chi connectivity index (χ2n) is 6.33. The lowest BCUT2D eigenvalue weighted by atomic mass is 10.2. The van der Waals surface area contributed by atoms with Crippen LogP contribution in [0.4, 0.5) is 0 Å². The maximum absolute atomic E-state index is 12.9. The van der Waals surface area contributed by atoms with Crippen LogP contribution in [0.25, 0.3) is 10.9 Å². The van der Waals surface area contributed by atoms with Crippen molar-refractivity contribution in [2.24, 2.45) is 0 Å². The first kappa shape index (κ1) is 19.2. The van der Waals surface area contributed by atoms with Crippen molar-refractivity contribution in [3.8, 4) is 0 Å². The number of amides is 1. The number of fused-ring (bicyclic) bond motifs is 1. The Kier molecular flexibility index (Phi) is 5.65. The van der Waals surface area contributed by atoms with E-state index in [9.17, 15) is 9.59 Å². The summed E-state index contributed by atoms with van der Waals surface area (Å²) in [5.74, 6) is 0.576. The van der Waals surface area contributed by atoms with Crippen LogP contribution in [0.5, 0.6) is 0 Å². The molecule has 3 rings (SSSR count).